The first-order valence-corrected chi connectivity index (χ1v) is 7.48. The van der Waals surface area contributed by atoms with Crippen molar-refractivity contribution < 1.29 is 8.91 Å². The third kappa shape index (κ3) is 2.27. The van der Waals surface area contributed by atoms with Crippen LogP contribution in [0.5, 0.6) is 0 Å². The number of benzene rings is 1. The largest absolute Gasteiger partial charge is 0.337 e. The van der Waals surface area contributed by atoms with Crippen LogP contribution in [0.2, 0.25) is 0 Å². The summed E-state index contributed by atoms with van der Waals surface area (Å²) in [6.45, 7) is 3.05. The monoisotopic (exact) mass is 339 g/mol. The quantitative estimate of drug-likeness (QED) is 0.927. The SMILES string of the molecule is CCC1(c2nc(-c3cc(F)ccc3Br)no2)CCCN1. The number of hydrogen-bond donors (Lipinski definition) is 1. The highest BCUT2D eigenvalue weighted by Gasteiger charge is 2.39. The van der Waals surface area contributed by atoms with Crippen LogP contribution in [-0.4, -0.2) is 16.7 Å². The lowest BCUT2D eigenvalue weighted by molar-refractivity contribution is 0.250. The van der Waals surface area contributed by atoms with Crippen molar-refractivity contribution in [3.05, 3.63) is 34.4 Å². The normalized spacial score (nSPS) is 22.4. The first kappa shape index (κ1) is 13.7. The molecule has 3 rings (SSSR count). The van der Waals surface area contributed by atoms with Crippen molar-refractivity contribution in [2.45, 2.75) is 31.7 Å². The van der Waals surface area contributed by atoms with Gasteiger partial charge in [-0.3, -0.25) is 0 Å². The van der Waals surface area contributed by atoms with Crippen LogP contribution >= 0.6 is 15.9 Å². The Morgan fingerprint density at radius 1 is 1.50 bits per heavy atom. The molecule has 1 aliphatic heterocycles. The van der Waals surface area contributed by atoms with Gasteiger partial charge in [0.2, 0.25) is 11.7 Å². The summed E-state index contributed by atoms with van der Waals surface area (Å²) in [5.41, 5.74) is 0.370. The molecule has 2 aromatic rings. The second kappa shape index (κ2) is 5.26. The van der Waals surface area contributed by atoms with E-state index in [1.165, 1.54) is 12.1 Å². The van der Waals surface area contributed by atoms with Crippen molar-refractivity contribution in [3.63, 3.8) is 0 Å². The number of nitrogens with zero attached hydrogens (tertiary/aromatic N) is 2. The molecule has 0 spiro atoms. The molecule has 1 aromatic carbocycles. The molecule has 1 fully saturated rings. The zero-order valence-electron chi connectivity index (χ0n) is 11.1. The van der Waals surface area contributed by atoms with Crippen LogP contribution in [0.15, 0.2) is 27.2 Å². The van der Waals surface area contributed by atoms with Crippen molar-refractivity contribution >= 4 is 15.9 Å². The molecule has 1 N–H and O–H groups in total. The Balaban J connectivity index is 2.00. The lowest BCUT2D eigenvalue weighted by Gasteiger charge is -2.22. The minimum Gasteiger partial charge on any atom is -0.337 e. The van der Waals surface area contributed by atoms with Crippen molar-refractivity contribution in [1.82, 2.24) is 15.5 Å². The number of aromatic nitrogens is 2. The molecule has 1 saturated heterocycles. The van der Waals surface area contributed by atoms with E-state index in [1.807, 2.05) is 0 Å². The molecule has 0 bridgehead atoms. The molecule has 1 aliphatic rings. The van der Waals surface area contributed by atoms with Crippen molar-refractivity contribution in [1.29, 1.82) is 0 Å². The predicted molar refractivity (Wildman–Crippen MR) is 76.6 cm³/mol. The van der Waals surface area contributed by atoms with Gasteiger partial charge < -0.3 is 9.84 Å². The fourth-order valence-corrected chi connectivity index (χ4v) is 3.06. The molecule has 1 atom stereocenters. The second-order valence-corrected chi connectivity index (χ2v) is 5.87. The third-order valence-corrected chi connectivity index (χ3v) is 4.54. The maximum atomic E-state index is 13.4. The maximum absolute atomic E-state index is 13.4. The average Bonchev–Trinajstić information content (AvgIpc) is 3.10. The van der Waals surface area contributed by atoms with Crippen LogP contribution in [0.3, 0.4) is 0 Å². The van der Waals surface area contributed by atoms with Gasteiger partial charge in [0.25, 0.3) is 0 Å². The lowest BCUT2D eigenvalue weighted by Crippen LogP contribution is -2.36. The van der Waals surface area contributed by atoms with Crippen molar-refractivity contribution in [2.24, 2.45) is 0 Å². The van der Waals surface area contributed by atoms with Gasteiger partial charge >= 0.3 is 0 Å². The highest BCUT2D eigenvalue weighted by atomic mass is 79.9. The Morgan fingerprint density at radius 2 is 2.35 bits per heavy atom. The molecular formula is C14H15BrFN3O. The molecule has 106 valence electrons. The fraction of sp³-hybridized carbons (Fsp3) is 0.429. The van der Waals surface area contributed by atoms with Gasteiger partial charge in [0.05, 0.1) is 5.54 Å². The van der Waals surface area contributed by atoms with E-state index in [-0.39, 0.29) is 11.4 Å². The van der Waals surface area contributed by atoms with Gasteiger partial charge in [-0.05, 0) is 44.0 Å². The smallest absolute Gasteiger partial charge is 0.247 e. The summed E-state index contributed by atoms with van der Waals surface area (Å²) >= 11 is 3.39. The Labute approximate surface area is 124 Å². The highest BCUT2D eigenvalue weighted by Crippen LogP contribution is 2.35. The zero-order chi connectivity index (χ0) is 14.2. The van der Waals surface area contributed by atoms with Gasteiger partial charge in [-0.2, -0.15) is 4.98 Å². The van der Waals surface area contributed by atoms with Crippen LogP contribution in [0, 0.1) is 5.82 Å². The van der Waals surface area contributed by atoms with Gasteiger partial charge in [0.1, 0.15) is 5.82 Å². The van der Waals surface area contributed by atoms with E-state index in [0.717, 1.165) is 30.3 Å². The van der Waals surface area contributed by atoms with Crippen LogP contribution in [0.4, 0.5) is 4.39 Å². The lowest BCUT2D eigenvalue weighted by atomic mass is 9.94. The highest BCUT2D eigenvalue weighted by molar-refractivity contribution is 9.10. The molecule has 1 unspecified atom stereocenters. The topological polar surface area (TPSA) is 51.0 Å². The Bertz CT molecular complexity index is 623. The van der Waals surface area contributed by atoms with E-state index in [1.54, 1.807) is 6.07 Å². The summed E-state index contributed by atoms with van der Waals surface area (Å²) in [7, 11) is 0. The molecule has 20 heavy (non-hydrogen) atoms. The molecule has 6 heteroatoms. The number of hydrogen-bond acceptors (Lipinski definition) is 4. The first-order chi connectivity index (χ1) is 9.64. The molecule has 0 radical (unpaired) electrons. The molecule has 0 aliphatic carbocycles. The second-order valence-electron chi connectivity index (χ2n) is 5.01. The molecule has 0 saturated carbocycles. The van der Waals surface area contributed by atoms with E-state index in [9.17, 15) is 4.39 Å². The molecular weight excluding hydrogens is 325 g/mol. The Hall–Kier alpha value is -1.27. The summed E-state index contributed by atoms with van der Waals surface area (Å²) in [5, 5.41) is 7.45. The summed E-state index contributed by atoms with van der Waals surface area (Å²) in [6.07, 6.45) is 2.96. The van der Waals surface area contributed by atoms with Crippen LogP contribution in [0.1, 0.15) is 32.1 Å². The molecule has 4 nitrogen and oxygen atoms in total. The van der Waals surface area contributed by atoms with Gasteiger partial charge in [-0.15, -0.1) is 0 Å². The predicted octanol–water partition coefficient (Wildman–Crippen LogP) is 3.63. The van der Waals surface area contributed by atoms with Crippen molar-refractivity contribution in [2.75, 3.05) is 6.54 Å². The minimum atomic E-state index is -0.321. The average molecular weight is 340 g/mol. The standard InChI is InChI=1S/C14H15BrFN3O/c1-2-14(6-3-7-17-14)13-18-12(19-20-13)10-8-9(16)4-5-11(10)15/h4-5,8,17H,2-3,6-7H2,1H3. The summed E-state index contributed by atoms with van der Waals surface area (Å²) in [4.78, 5) is 4.47. The van der Waals surface area contributed by atoms with Gasteiger partial charge in [0.15, 0.2) is 0 Å². The summed E-state index contributed by atoms with van der Waals surface area (Å²) in [5.74, 6) is 0.676. The Morgan fingerprint density at radius 3 is 3.05 bits per heavy atom. The summed E-state index contributed by atoms with van der Waals surface area (Å²) in [6, 6.07) is 4.43. The van der Waals surface area contributed by atoms with Gasteiger partial charge in [0, 0.05) is 10.0 Å². The Kier molecular flexibility index (Phi) is 3.60. The molecule has 0 amide bonds. The molecule has 2 heterocycles. The van der Waals surface area contributed by atoms with E-state index in [2.05, 4.69) is 38.3 Å². The van der Waals surface area contributed by atoms with Gasteiger partial charge in [-0.25, -0.2) is 4.39 Å². The minimum absolute atomic E-state index is 0.231. The van der Waals surface area contributed by atoms with E-state index in [4.69, 9.17) is 4.52 Å². The zero-order valence-corrected chi connectivity index (χ0v) is 12.7. The maximum Gasteiger partial charge on any atom is 0.247 e. The summed E-state index contributed by atoms with van der Waals surface area (Å²) < 4.78 is 19.5. The molecule has 1 aromatic heterocycles. The van der Waals surface area contributed by atoms with Crippen LogP contribution in [-0.2, 0) is 5.54 Å². The van der Waals surface area contributed by atoms with E-state index in [0.29, 0.717) is 17.3 Å². The van der Waals surface area contributed by atoms with Crippen molar-refractivity contribution in [3.8, 4) is 11.4 Å². The number of halogens is 2. The fourth-order valence-electron chi connectivity index (χ4n) is 2.64. The van der Waals surface area contributed by atoms with Crippen LogP contribution in [0.25, 0.3) is 11.4 Å². The van der Waals surface area contributed by atoms with Crippen LogP contribution < -0.4 is 5.32 Å². The third-order valence-electron chi connectivity index (χ3n) is 3.85. The number of nitrogens with one attached hydrogen (secondary N) is 1. The van der Waals surface area contributed by atoms with Gasteiger partial charge in [-0.1, -0.05) is 28.0 Å². The van der Waals surface area contributed by atoms with E-state index < -0.39 is 0 Å². The van der Waals surface area contributed by atoms with E-state index >= 15 is 0 Å². The number of rotatable bonds is 3. The first-order valence-electron chi connectivity index (χ1n) is 6.69.